The van der Waals surface area contributed by atoms with Crippen molar-refractivity contribution in [2.45, 2.75) is 6.92 Å². The average Bonchev–Trinajstić information content (AvgIpc) is 2.78. The van der Waals surface area contributed by atoms with E-state index < -0.39 is 17.7 Å². The van der Waals surface area contributed by atoms with Crippen molar-refractivity contribution < 1.29 is 23.6 Å². The molecule has 2 rings (SSSR count). The first-order valence-electron chi connectivity index (χ1n) is 5.24. The number of carboxylic acids is 1. The largest absolute Gasteiger partial charge is 0.478 e. The van der Waals surface area contributed by atoms with Crippen molar-refractivity contribution in [1.82, 2.24) is 5.16 Å². The van der Waals surface area contributed by atoms with Gasteiger partial charge in [0.15, 0.2) is 0 Å². The monoisotopic (exact) mass is 264 g/mol. The standard InChI is InChI=1S/C12H9FN2O4/c1-6-8(5-14-19-6)11(16)15-10-4-7(12(17)18)2-3-9(10)13/h2-5H,1H3,(H,15,16)(H,17,18). The molecule has 1 heterocycles. The highest BCUT2D eigenvalue weighted by molar-refractivity contribution is 6.05. The van der Waals surface area contributed by atoms with Crippen molar-refractivity contribution in [3.05, 3.63) is 47.1 Å². The maximum Gasteiger partial charge on any atom is 0.335 e. The molecule has 0 atom stereocenters. The van der Waals surface area contributed by atoms with Gasteiger partial charge in [-0.05, 0) is 25.1 Å². The maximum atomic E-state index is 13.5. The summed E-state index contributed by atoms with van der Waals surface area (Å²) >= 11 is 0. The fourth-order valence-corrected chi connectivity index (χ4v) is 1.46. The van der Waals surface area contributed by atoms with Gasteiger partial charge >= 0.3 is 5.97 Å². The van der Waals surface area contributed by atoms with Crippen LogP contribution >= 0.6 is 0 Å². The van der Waals surface area contributed by atoms with Crippen molar-refractivity contribution in [3.8, 4) is 0 Å². The normalized spacial score (nSPS) is 10.2. The van der Waals surface area contributed by atoms with E-state index in [1.54, 1.807) is 0 Å². The number of nitrogens with one attached hydrogen (secondary N) is 1. The van der Waals surface area contributed by atoms with Crippen LogP contribution in [0.1, 0.15) is 26.5 Å². The molecule has 2 N–H and O–H groups in total. The highest BCUT2D eigenvalue weighted by Crippen LogP contribution is 2.18. The predicted octanol–water partition coefficient (Wildman–Crippen LogP) is 2.07. The molecule has 0 saturated heterocycles. The summed E-state index contributed by atoms with van der Waals surface area (Å²) in [6, 6.07) is 3.12. The van der Waals surface area contributed by atoms with E-state index in [2.05, 4.69) is 10.5 Å². The van der Waals surface area contributed by atoms with E-state index in [0.717, 1.165) is 18.2 Å². The van der Waals surface area contributed by atoms with Gasteiger partial charge in [0.2, 0.25) is 0 Å². The number of carbonyl (C=O) groups is 2. The zero-order chi connectivity index (χ0) is 14.0. The molecule has 7 heteroatoms. The molecule has 0 aliphatic rings. The zero-order valence-electron chi connectivity index (χ0n) is 9.81. The topological polar surface area (TPSA) is 92.4 Å². The first-order chi connectivity index (χ1) is 8.99. The third-order valence-electron chi connectivity index (χ3n) is 2.46. The fraction of sp³-hybridized carbons (Fsp3) is 0.0833. The summed E-state index contributed by atoms with van der Waals surface area (Å²) in [5, 5.41) is 14.5. The number of anilines is 1. The number of rotatable bonds is 3. The maximum absolute atomic E-state index is 13.5. The van der Waals surface area contributed by atoms with Crippen LogP contribution in [0.2, 0.25) is 0 Å². The van der Waals surface area contributed by atoms with Gasteiger partial charge in [0.25, 0.3) is 5.91 Å². The number of aromatic nitrogens is 1. The smallest absolute Gasteiger partial charge is 0.335 e. The van der Waals surface area contributed by atoms with Crippen molar-refractivity contribution in [2.75, 3.05) is 5.32 Å². The van der Waals surface area contributed by atoms with Crippen LogP contribution in [-0.4, -0.2) is 22.1 Å². The first-order valence-corrected chi connectivity index (χ1v) is 5.24. The number of aromatic carboxylic acids is 1. The van der Waals surface area contributed by atoms with Crippen LogP contribution < -0.4 is 5.32 Å². The Hall–Kier alpha value is -2.70. The molecule has 0 unspecified atom stereocenters. The van der Waals surface area contributed by atoms with E-state index in [1.807, 2.05) is 0 Å². The van der Waals surface area contributed by atoms with E-state index in [-0.39, 0.29) is 22.6 Å². The Balaban J connectivity index is 2.28. The number of carboxylic acid groups (broad SMARTS) is 1. The summed E-state index contributed by atoms with van der Waals surface area (Å²) in [5.41, 5.74) is -0.190. The van der Waals surface area contributed by atoms with Gasteiger partial charge in [-0.15, -0.1) is 0 Å². The molecule has 98 valence electrons. The van der Waals surface area contributed by atoms with Crippen molar-refractivity contribution in [2.24, 2.45) is 0 Å². The molecule has 1 aromatic carbocycles. The van der Waals surface area contributed by atoms with Crippen molar-refractivity contribution >= 4 is 17.6 Å². The average molecular weight is 264 g/mol. The number of amides is 1. The van der Waals surface area contributed by atoms with E-state index in [1.165, 1.54) is 13.1 Å². The molecule has 19 heavy (non-hydrogen) atoms. The molecule has 0 bridgehead atoms. The Kier molecular flexibility index (Phi) is 3.28. The van der Waals surface area contributed by atoms with E-state index in [0.29, 0.717) is 0 Å². The van der Waals surface area contributed by atoms with Gasteiger partial charge in [-0.3, -0.25) is 4.79 Å². The molecular weight excluding hydrogens is 255 g/mol. The Labute approximate surface area is 106 Å². The molecule has 0 aliphatic heterocycles. The van der Waals surface area contributed by atoms with Crippen LogP contribution in [0.4, 0.5) is 10.1 Å². The van der Waals surface area contributed by atoms with Crippen molar-refractivity contribution in [1.29, 1.82) is 0 Å². The van der Waals surface area contributed by atoms with E-state index in [9.17, 15) is 14.0 Å². The molecule has 2 aromatic rings. The van der Waals surface area contributed by atoms with Crippen LogP contribution in [0.3, 0.4) is 0 Å². The van der Waals surface area contributed by atoms with Gasteiger partial charge in [-0.1, -0.05) is 5.16 Å². The fourth-order valence-electron chi connectivity index (χ4n) is 1.46. The van der Waals surface area contributed by atoms with Crippen LogP contribution in [-0.2, 0) is 0 Å². The lowest BCUT2D eigenvalue weighted by molar-refractivity contribution is 0.0696. The summed E-state index contributed by atoms with van der Waals surface area (Å²) in [6.45, 7) is 1.53. The molecule has 6 nitrogen and oxygen atoms in total. The molecule has 0 saturated carbocycles. The number of hydrogen-bond donors (Lipinski definition) is 2. The van der Waals surface area contributed by atoms with Gasteiger partial charge in [0, 0.05) is 0 Å². The summed E-state index contributed by atoms with van der Waals surface area (Å²) in [7, 11) is 0. The summed E-state index contributed by atoms with van der Waals surface area (Å²) < 4.78 is 18.2. The summed E-state index contributed by atoms with van der Waals surface area (Å²) in [5.74, 6) is -2.28. The second kappa shape index (κ2) is 4.89. The highest BCUT2D eigenvalue weighted by atomic mass is 19.1. The minimum absolute atomic E-state index is 0.126. The zero-order valence-corrected chi connectivity index (χ0v) is 9.81. The lowest BCUT2D eigenvalue weighted by Crippen LogP contribution is -2.14. The molecule has 0 spiro atoms. The van der Waals surface area contributed by atoms with Gasteiger partial charge in [0.05, 0.1) is 17.4 Å². The Morgan fingerprint density at radius 2 is 2.16 bits per heavy atom. The molecule has 0 aliphatic carbocycles. The third kappa shape index (κ3) is 2.59. The van der Waals surface area contributed by atoms with E-state index in [4.69, 9.17) is 9.63 Å². The SMILES string of the molecule is Cc1oncc1C(=O)Nc1cc(C(=O)O)ccc1F. The molecule has 0 fully saturated rings. The molecule has 0 radical (unpaired) electrons. The van der Waals surface area contributed by atoms with Crippen molar-refractivity contribution in [3.63, 3.8) is 0 Å². The lowest BCUT2D eigenvalue weighted by Gasteiger charge is -2.06. The predicted molar refractivity (Wildman–Crippen MR) is 62.6 cm³/mol. The van der Waals surface area contributed by atoms with Crippen LogP contribution in [0.25, 0.3) is 0 Å². The molecule has 1 aromatic heterocycles. The highest BCUT2D eigenvalue weighted by Gasteiger charge is 2.16. The second-order valence-electron chi connectivity index (χ2n) is 3.75. The summed E-state index contributed by atoms with van der Waals surface area (Å²) in [4.78, 5) is 22.6. The van der Waals surface area contributed by atoms with Crippen LogP contribution in [0.5, 0.6) is 0 Å². The number of halogens is 1. The minimum atomic E-state index is -1.21. The Morgan fingerprint density at radius 3 is 2.74 bits per heavy atom. The number of benzene rings is 1. The Bertz CT molecular complexity index is 651. The first kappa shape index (κ1) is 12.7. The van der Waals surface area contributed by atoms with Gasteiger partial charge in [-0.25, -0.2) is 9.18 Å². The minimum Gasteiger partial charge on any atom is -0.478 e. The number of hydrogen-bond acceptors (Lipinski definition) is 4. The van der Waals surface area contributed by atoms with Crippen LogP contribution in [0.15, 0.2) is 28.9 Å². The lowest BCUT2D eigenvalue weighted by atomic mass is 10.2. The van der Waals surface area contributed by atoms with Crippen LogP contribution in [0, 0.1) is 12.7 Å². The van der Waals surface area contributed by atoms with E-state index >= 15 is 0 Å². The number of carbonyl (C=O) groups excluding carboxylic acids is 1. The third-order valence-corrected chi connectivity index (χ3v) is 2.46. The van der Waals surface area contributed by atoms with Gasteiger partial charge in [0.1, 0.15) is 17.1 Å². The number of nitrogens with zero attached hydrogens (tertiary/aromatic N) is 1. The molecular formula is C12H9FN2O4. The molecule has 1 amide bonds. The second-order valence-corrected chi connectivity index (χ2v) is 3.75. The van der Waals surface area contributed by atoms with Gasteiger partial charge < -0.3 is 14.9 Å². The van der Waals surface area contributed by atoms with Gasteiger partial charge in [-0.2, -0.15) is 0 Å². The quantitative estimate of drug-likeness (QED) is 0.885. The summed E-state index contributed by atoms with van der Waals surface area (Å²) in [6.07, 6.45) is 1.20. The Morgan fingerprint density at radius 1 is 1.42 bits per heavy atom. The number of aryl methyl sites for hydroxylation is 1.